The maximum atomic E-state index is 13.3. The molecule has 2 aromatic rings. The number of benzene rings is 1. The summed E-state index contributed by atoms with van der Waals surface area (Å²) in [6.45, 7) is 1.90. The lowest BCUT2D eigenvalue weighted by Crippen LogP contribution is -2.39. The van der Waals surface area contributed by atoms with Crippen LogP contribution in [0.15, 0.2) is 24.3 Å². The van der Waals surface area contributed by atoms with Gasteiger partial charge < -0.3 is 15.3 Å². The molecule has 1 aliphatic rings. The number of likely N-dealkylation sites (tertiary alicyclic amines) is 1. The molecule has 1 aromatic heterocycles. The summed E-state index contributed by atoms with van der Waals surface area (Å²) in [5.74, 6) is -0.107. The van der Waals surface area contributed by atoms with E-state index >= 15 is 0 Å². The minimum atomic E-state index is -4.68. The molecule has 0 saturated carbocycles. The molecule has 9 heteroatoms. The first-order chi connectivity index (χ1) is 12.2. The molecule has 1 aromatic carbocycles. The number of phenolic OH excluding ortho intramolecular Hbond substituents is 1. The van der Waals surface area contributed by atoms with Crippen LogP contribution in [-0.2, 0) is 6.18 Å². The van der Waals surface area contributed by atoms with Gasteiger partial charge in [0.25, 0.3) is 0 Å². The van der Waals surface area contributed by atoms with E-state index in [0.717, 1.165) is 38.1 Å². The van der Waals surface area contributed by atoms with Crippen LogP contribution in [0.2, 0.25) is 5.02 Å². The van der Waals surface area contributed by atoms with Crippen molar-refractivity contribution in [3.8, 4) is 17.0 Å². The molecule has 0 spiro atoms. The van der Waals surface area contributed by atoms with Crippen molar-refractivity contribution in [2.75, 3.05) is 25.5 Å². The minimum absolute atomic E-state index is 0.0715. The number of piperidine rings is 1. The molecule has 1 saturated heterocycles. The Morgan fingerprint density at radius 3 is 2.65 bits per heavy atom. The van der Waals surface area contributed by atoms with Crippen LogP contribution in [0.5, 0.6) is 5.75 Å². The van der Waals surface area contributed by atoms with Crippen LogP contribution in [-0.4, -0.2) is 46.4 Å². The average Bonchev–Trinajstić information content (AvgIpc) is 2.54. The summed E-state index contributed by atoms with van der Waals surface area (Å²) in [7, 11) is 2.03. The van der Waals surface area contributed by atoms with E-state index in [4.69, 9.17) is 11.6 Å². The first kappa shape index (κ1) is 18.7. The Morgan fingerprint density at radius 1 is 1.27 bits per heavy atom. The summed E-state index contributed by atoms with van der Waals surface area (Å²) in [5.41, 5.74) is -1.55. The van der Waals surface area contributed by atoms with E-state index in [-0.39, 0.29) is 16.8 Å². The zero-order valence-corrected chi connectivity index (χ0v) is 14.8. The fourth-order valence-electron chi connectivity index (χ4n) is 3.12. The second-order valence-electron chi connectivity index (χ2n) is 6.39. The van der Waals surface area contributed by atoms with Crippen LogP contribution in [0.4, 0.5) is 19.0 Å². The maximum absolute atomic E-state index is 13.3. The number of alkyl halides is 3. The number of rotatable bonds is 3. The highest BCUT2D eigenvalue weighted by Crippen LogP contribution is 2.42. The Bertz CT molecular complexity index is 783. The lowest BCUT2D eigenvalue weighted by Gasteiger charge is -2.30. The van der Waals surface area contributed by atoms with Crippen molar-refractivity contribution in [2.24, 2.45) is 0 Å². The molecule has 3 rings (SSSR count). The fraction of sp³-hybridized carbons (Fsp3) is 0.412. The summed E-state index contributed by atoms with van der Waals surface area (Å²) in [6, 6.07) is 4.99. The van der Waals surface area contributed by atoms with E-state index in [9.17, 15) is 18.3 Å². The van der Waals surface area contributed by atoms with Gasteiger partial charge in [0.1, 0.15) is 11.6 Å². The quantitative estimate of drug-likeness (QED) is 0.834. The highest BCUT2D eigenvalue weighted by Gasteiger charge is 2.36. The third-order valence-corrected chi connectivity index (χ3v) is 4.50. The summed E-state index contributed by atoms with van der Waals surface area (Å²) in [4.78, 5) is 2.20. The molecule has 140 valence electrons. The Balaban J connectivity index is 1.87. The molecule has 0 radical (unpaired) electrons. The Hall–Kier alpha value is -2.06. The molecule has 1 fully saturated rings. The third kappa shape index (κ3) is 4.19. The van der Waals surface area contributed by atoms with E-state index in [0.29, 0.717) is 5.82 Å². The summed E-state index contributed by atoms with van der Waals surface area (Å²) in [6.07, 6.45) is -2.62. The van der Waals surface area contributed by atoms with E-state index < -0.39 is 23.1 Å². The van der Waals surface area contributed by atoms with Gasteiger partial charge in [-0.1, -0.05) is 11.6 Å². The molecule has 0 unspecified atom stereocenters. The predicted molar refractivity (Wildman–Crippen MR) is 93.3 cm³/mol. The lowest BCUT2D eigenvalue weighted by molar-refractivity contribution is -0.137. The zero-order chi connectivity index (χ0) is 18.9. The van der Waals surface area contributed by atoms with Crippen LogP contribution in [0.3, 0.4) is 0 Å². The number of aromatic hydroxyl groups is 1. The highest BCUT2D eigenvalue weighted by molar-refractivity contribution is 6.31. The first-order valence-corrected chi connectivity index (χ1v) is 8.50. The first-order valence-electron chi connectivity index (χ1n) is 8.13. The Labute approximate surface area is 153 Å². The smallest absolute Gasteiger partial charge is 0.417 e. The Morgan fingerprint density at radius 2 is 2.04 bits per heavy atom. The van der Waals surface area contributed by atoms with Crippen molar-refractivity contribution in [1.82, 2.24) is 15.1 Å². The molecule has 2 N–H and O–H groups in total. The molecular formula is C17H18ClF3N4O. The number of nitrogens with one attached hydrogen (secondary N) is 1. The van der Waals surface area contributed by atoms with Crippen molar-refractivity contribution >= 4 is 17.4 Å². The largest absolute Gasteiger partial charge is 0.507 e. The van der Waals surface area contributed by atoms with Crippen molar-refractivity contribution in [3.05, 3.63) is 34.9 Å². The standard InChI is InChI=1S/C17H18ClF3N4O/c1-25-6-2-3-11(9-25)22-15-5-4-13(23-24-15)16-12(17(19,20)21)7-10(18)8-14(16)26/h4-5,7-8,11,26H,2-3,6,9H2,1H3,(H,22,24)/t11-/m1/s1. The average molecular weight is 387 g/mol. The second kappa shape index (κ2) is 7.28. The molecule has 0 aliphatic carbocycles. The van der Waals surface area contributed by atoms with Crippen molar-refractivity contribution < 1.29 is 18.3 Å². The molecule has 0 amide bonds. The van der Waals surface area contributed by atoms with Gasteiger partial charge in [0, 0.05) is 17.6 Å². The zero-order valence-electron chi connectivity index (χ0n) is 14.0. The van der Waals surface area contributed by atoms with Crippen molar-refractivity contribution in [1.29, 1.82) is 0 Å². The SMILES string of the molecule is CN1CCC[C@@H](Nc2ccc(-c3c(O)cc(Cl)cc3C(F)(F)F)nn2)C1. The number of aromatic nitrogens is 2. The number of hydrogen-bond donors (Lipinski definition) is 2. The van der Waals surface area contributed by atoms with Gasteiger partial charge in [-0.15, -0.1) is 10.2 Å². The van der Waals surface area contributed by atoms with E-state index in [2.05, 4.69) is 20.4 Å². The van der Waals surface area contributed by atoms with Crippen LogP contribution < -0.4 is 5.32 Å². The van der Waals surface area contributed by atoms with E-state index in [1.54, 1.807) is 6.07 Å². The number of likely N-dealkylation sites (N-methyl/N-ethyl adjacent to an activating group) is 1. The van der Waals surface area contributed by atoms with E-state index in [1.165, 1.54) is 6.07 Å². The van der Waals surface area contributed by atoms with Crippen molar-refractivity contribution in [2.45, 2.75) is 25.1 Å². The van der Waals surface area contributed by atoms with Gasteiger partial charge in [0.05, 0.1) is 16.8 Å². The minimum Gasteiger partial charge on any atom is -0.507 e. The van der Waals surface area contributed by atoms with Gasteiger partial charge in [-0.2, -0.15) is 13.2 Å². The van der Waals surface area contributed by atoms with Crippen LogP contribution in [0.1, 0.15) is 18.4 Å². The van der Waals surface area contributed by atoms with Gasteiger partial charge in [0.2, 0.25) is 0 Å². The molecule has 26 heavy (non-hydrogen) atoms. The highest BCUT2D eigenvalue weighted by atomic mass is 35.5. The van der Waals surface area contributed by atoms with E-state index in [1.807, 2.05) is 7.05 Å². The molecule has 0 bridgehead atoms. The molecular weight excluding hydrogens is 369 g/mol. The maximum Gasteiger partial charge on any atom is 0.417 e. The van der Waals surface area contributed by atoms with Gasteiger partial charge in [-0.25, -0.2) is 0 Å². The molecule has 2 heterocycles. The van der Waals surface area contributed by atoms with Gasteiger partial charge >= 0.3 is 6.18 Å². The third-order valence-electron chi connectivity index (χ3n) is 4.28. The number of anilines is 1. The van der Waals surface area contributed by atoms with Crippen LogP contribution >= 0.6 is 11.6 Å². The van der Waals surface area contributed by atoms with Gasteiger partial charge in [0.15, 0.2) is 0 Å². The summed E-state index contributed by atoms with van der Waals surface area (Å²) >= 11 is 5.65. The Kier molecular flexibility index (Phi) is 5.24. The topological polar surface area (TPSA) is 61.3 Å². The number of phenols is 1. The normalized spacial score (nSPS) is 18.7. The summed E-state index contributed by atoms with van der Waals surface area (Å²) in [5, 5.41) is 20.8. The number of halogens is 4. The molecule has 1 aliphatic heterocycles. The van der Waals surface area contributed by atoms with Crippen molar-refractivity contribution in [3.63, 3.8) is 0 Å². The second-order valence-corrected chi connectivity index (χ2v) is 6.83. The predicted octanol–water partition coefficient (Wildman–Crippen LogP) is 4.03. The summed E-state index contributed by atoms with van der Waals surface area (Å²) < 4.78 is 39.9. The number of nitrogens with zero attached hydrogens (tertiary/aromatic N) is 3. The lowest BCUT2D eigenvalue weighted by atomic mass is 10.0. The fourth-order valence-corrected chi connectivity index (χ4v) is 3.33. The van der Waals surface area contributed by atoms with Crippen LogP contribution in [0.25, 0.3) is 11.3 Å². The molecule has 5 nitrogen and oxygen atoms in total. The van der Waals surface area contributed by atoms with Gasteiger partial charge in [-0.05, 0) is 50.7 Å². The molecule has 1 atom stereocenters. The van der Waals surface area contributed by atoms with Crippen LogP contribution in [0, 0.1) is 0 Å². The number of hydrogen-bond acceptors (Lipinski definition) is 5. The van der Waals surface area contributed by atoms with Gasteiger partial charge in [-0.3, -0.25) is 0 Å². The monoisotopic (exact) mass is 386 g/mol.